The molecule has 0 unspecified atom stereocenters. The maximum atomic E-state index is 12.3. The van der Waals surface area contributed by atoms with Crippen LogP contribution in [0.25, 0.3) is 0 Å². The lowest BCUT2D eigenvalue weighted by atomic mass is 10.3. The molecule has 0 aromatic heterocycles. The van der Waals surface area contributed by atoms with Crippen molar-refractivity contribution in [3.8, 4) is 0 Å². The number of nitrogens with one attached hydrogen (secondary N) is 5. The van der Waals surface area contributed by atoms with Crippen molar-refractivity contribution in [3.05, 3.63) is 0 Å². The van der Waals surface area contributed by atoms with Gasteiger partial charge in [-0.25, -0.2) is 0 Å². The summed E-state index contributed by atoms with van der Waals surface area (Å²) in [4.78, 5) is 33.3. The van der Waals surface area contributed by atoms with Gasteiger partial charge in [-0.1, -0.05) is 0 Å². The second-order valence-corrected chi connectivity index (χ2v) is 12.8. The summed E-state index contributed by atoms with van der Waals surface area (Å²) in [6.45, 7) is 20.7. The minimum atomic E-state index is -0.168. The molecule has 0 bridgehead atoms. The first-order valence-corrected chi connectivity index (χ1v) is 19.9. The third-order valence-electron chi connectivity index (χ3n) is 8.13. The van der Waals surface area contributed by atoms with Gasteiger partial charge in [0.2, 0.25) is 11.8 Å². The van der Waals surface area contributed by atoms with Crippen LogP contribution in [0.15, 0.2) is 0 Å². The van der Waals surface area contributed by atoms with Gasteiger partial charge in [-0.15, -0.1) is 0 Å². The topological polar surface area (TPSA) is 256 Å². The molecule has 18 nitrogen and oxygen atoms in total. The largest absolute Gasteiger partial charge is 0.377 e. The number of carbonyl (C=O) groups is 2. The number of nitrogens with two attached hydrogens (primary N) is 5. The summed E-state index contributed by atoms with van der Waals surface area (Å²) in [5.41, 5.74) is 28.9. The molecule has 0 rings (SSSR count). The van der Waals surface area contributed by atoms with Crippen molar-refractivity contribution >= 4 is 24.4 Å². The lowest BCUT2D eigenvalue weighted by Gasteiger charge is -2.30. The zero-order valence-electron chi connectivity index (χ0n) is 32.2. The first kappa shape index (κ1) is 50.7. The van der Waals surface area contributed by atoms with Crippen molar-refractivity contribution in [2.45, 2.75) is 6.42 Å². The number of hydrogen-bond acceptors (Lipinski definition) is 17. The molecule has 0 aliphatic carbocycles. The summed E-state index contributed by atoms with van der Waals surface area (Å²) < 4.78 is 10.9. The molecule has 0 aromatic rings. The quantitative estimate of drug-likeness (QED) is 0.0205. The Morgan fingerprint density at radius 3 is 1.33 bits per heavy atom. The maximum absolute atomic E-state index is 12.3. The summed E-state index contributed by atoms with van der Waals surface area (Å²) in [7, 11) is 0. The van der Waals surface area contributed by atoms with Gasteiger partial charge in [0.25, 0.3) is 0 Å². The van der Waals surface area contributed by atoms with Gasteiger partial charge in [0.15, 0.2) is 0 Å². The average Bonchev–Trinajstić information content (AvgIpc) is 3.13. The molecule has 0 aromatic carbocycles. The molecule has 19 heteroatoms. The molecule has 2 amide bonds. The Morgan fingerprint density at radius 1 is 0.442 bits per heavy atom. The number of amides is 2. The lowest BCUT2D eigenvalue weighted by molar-refractivity contribution is -0.126. The van der Waals surface area contributed by atoms with Crippen LogP contribution in [-0.2, 0) is 19.1 Å². The molecule has 15 N–H and O–H groups in total. The van der Waals surface area contributed by atoms with Crippen molar-refractivity contribution in [3.63, 3.8) is 0 Å². The standard InChI is InChI=1S/C33H78N14O4S/c34-2-7-39-9-19-46(20-12-41-11-18-44(15-4-36)16-5-37)24-26-47(21-10-40-8-3-35)25-23-45(17-6-38)22-13-42-33(49)31-51-29-28-50-27-14-43-32(48)1-30-52/h39-41,52H,1-31,34-38H2,(H,42,49)(H,43,48). The van der Waals surface area contributed by atoms with E-state index in [1.165, 1.54) is 0 Å². The molecule has 0 spiro atoms. The van der Waals surface area contributed by atoms with Crippen LogP contribution < -0.4 is 55.3 Å². The fraction of sp³-hybridized carbons (Fsp3) is 0.939. The van der Waals surface area contributed by atoms with Crippen LogP contribution in [0, 0.1) is 0 Å². The smallest absolute Gasteiger partial charge is 0.246 e. The molecule has 0 radical (unpaired) electrons. The molecule has 0 saturated carbocycles. The Morgan fingerprint density at radius 2 is 0.846 bits per heavy atom. The highest BCUT2D eigenvalue weighted by atomic mass is 32.1. The van der Waals surface area contributed by atoms with Gasteiger partial charge in [0.05, 0.1) is 19.8 Å². The summed E-state index contributed by atoms with van der Waals surface area (Å²) >= 11 is 4.03. The Balaban J connectivity index is 4.75. The normalized spacial score (nSPS) is 11.8. The maximum Gasteiger partial charge on any atom is 0.246 e. The molecular weight excluding hydrogens is 689 g/mol. The van der Waals surface area contributed by atoms with E-state index in [-0.39, 0.29) is 18.4 Å². The van der Waals surface area contributed by atoms with Crippen LogP contribution in [0.2, 0.25) is 0 Å². The molecule has 52 heavy (non-hydrogen) atoms. The van der Waals surface area contributed by atoms with E-state index < -0.39 is 0 Å². The molecule has 310 valence electrons. The van der Waals surface area contributed by atoms with Crippen molar-refractivity contribution in [2.24, 2.45) is 28.7 Å². The molecule has 0 heterocycles. The minimum absolute atomic E-state index is 0.0305. The number of ether oxygens (including phenoxy) is 2. The van der Waals surface area contributed by atoms with E-state index >= 15 is 0 Å². The van der Waals surface area contributed by atoms with Gasteiger partial charge in [-0.2, -0.15) is 12.6 Å². The Bertz CT molecular complexity index is 793. The van der Waals surface area contributed by atoms with Crippen LogP contribution in [0.3, 0.4) is 0 Å². The Kier molecular flexibility index (Phi) is 38.5. The highest BCUT2D eigenvalue weighted by Gasteiger charge is 2.13. The van der Waals surface area contributed by atoms with Gasteiger partial charge in [-0.3, -0.25) is 29.2 Å². The van der Waals surface area contributed by atoms with E-state index in [1.54, 1.807) is 0 Å². The minimum Gasteiger partial charge on any atom is -0.377 e. The third kappa shape index (κ3) is 33.3. The second-order valence-electron chi connectivity index (χ2n) is 12.4. The number of thiol groups is 1. The van der Waals surface area contributed by atoms with E-state index in [2.05, 4.69) is 58.8 Å². The van der Waals surface area contributed by atoms with E-state index in [0.29, 0.717) is 84.4 Å². The molecule has 0 aliphatic rings. The van der Waals surface area contributed by atoms with Crippen molar-refractivity contribution < 1.29 is 19.1 Å². The van der Waals surface area contributed by atoms with Gasteiger partial charge < -0.3 is 64.7 Å². The van der Waals surface area contributed by atoms with E-state index in [9.17, 15) is 9.59 Å². The lowest BCUT2D eigenvalue weighted by Crippen LogP contribution is -2.46. The monoisotopic (exact) mass is 767 g/mol. The number of nitrogens with zero attached hydrogens (tertiary/aromatic N) is 4. The van der Waals surface area contributed by atoms with Crippen molar-refractivity contribution in [1.82, 2.24) is 46.2 Å². The van der Waals surface area contributed by atoms with Crippen LogP contribution in [-0.4, -0.2) is 227 Å². The zero-order chi connectivity index (χ0) is 38.3. The van der Waals surface area contributed by atoms with Crippen LogP contribution in [0.5, 0.6) is 0 Å². The fourth-order valence-corrected chi connectivity index (χ4v) is 5.43. The molecule has 0 fully saturated rings. The summed E-state index contributed by atoms with van der Waals surface area (Å²) in [5.74, 6) is 0.301. The summed E-state index contributed by atoms with van der Waals surface area (Å²) in [5, 5.41) is 16.1. The fourth-order valence-electron chi connectivity index (χ4n) is 5.22. The van der Waals surface area contributed by atoms with Gasteiger partial charge in [-0.05, 0) is 5.75 Å². The number of rotatable bonds is 41. The van der Waals surface area contributed by atoms with Gasteiger partial charge in [0.1, 0.15) is 6.61 Å². The third-order valence-corrected chi connectivity index (χ3v) is 8.35. The van der Waals surface area contributed by atoms with Gasteiger partial charge in [0, 0.05) is 170 Å². The van der Waals surface area contributed by atoms with E-state index in [4.69, 9.17) is 38.1 Å². The van der Waals surface area contributed by atoms with E-state index in [0.717, 1.165) is 111 Å². The van der Waals surface area contributed by atoms with Gasteiger partial charge >= 0.3 is 0 Å². The van der Waals surface area contributed by atoms with E-state index in [1.807, 2.05) is 0 Å². The predicted molar refractivity (Wildman–Crippen MR) is 216 cm³/mol. The molecule has 0 atom stereocenters. The van der Waals surface area contributed by atoms with Crippen molar-refractivity contribution in [2.75, 3.05) is 196 Å². The average molecular weight is 767 g/mol. The van der Waals surface area contributed by atoms with Crippen LogP contribution >= 0.6 is 12.6 Å². The Hall–Kier alpha value is -1.27. The number of carbonyl (C=O) groups excluding carboxylic acids is 2. The van der Waals surface area contributed by atoms with Crippen LogP contribution in [0.1, 0.15) is 6.42 Å². The second kappa shape index (κ2) is 39.4. The van der Waals surface area contributed by atoms with Crippen LogP contribution in [0.4, 0.5) is 0 Å². The first-order chi connectivity index (χ1) is 25.4. The highest BCUT2D eigenvalue weighted by molar-refractivity contribution is 7.80. The zero-order valence-corrected chi connectivity index (χ0v) is 33.1. The number of hydrogen-bond donors (Lipinski definition) is 11. The molecule has 0 aliphatic heterocycles. The first-order valence-electron chi connectivity index (χ1n) is 19.3. The molecule has 0 saturated heterocycles. The molecular formula is C33H78N14O4S. The summed E-state index contributed by atoms with van der Waals surface area (Å²) in [6, 6.07) is 0. The predicted octanol–water partition coefficient (Wildman–Crippen LogP) is -5.66. The van der Waals surface area contributed by atoms with Crippen molar-refractivity contribution in [1.29, 1.82) is 0 Å². The summed E-state index contributed by atoms with van der Waals surface area (Å²) in [6.07, 6.45) is 0.386. The Labute approximate surface area is 320 Å². The SMILES string of the molecule is NCCNCCN(CCNCCN(CCN)CCN)CCN(CCNCCN)CCN(CCN)CCNC(=O)COCCOCCNC(=O)CCS. The highest BCUT2D eigenvalue weighted by Crippen LogP contribution is 1.96.